The van der Waals surface area contributed by atoms with Gasteiger partial charge < -0.3 is 9.64 Å². The zero-order valence-electron chi connectivity index (χ0n) is 14.1. The van der Waals surface area contributed by atoms with Crippen LogP contribution in [0, 0.1) is 0 Å². The van der Waals surface area contributed by atoms with Crippen molar-refractivity contribution in [3.8, 4) is 0 Å². The van der Waals surface area contributed by atoms with E-state index in [2.05, 4.69) is 0 Å². The van der Waals surface area contributed by atoms with Crippen LogP contribution in [0.15, 0.2) is 24.3 Å². The van der Waals surface area contributed by atoms with Gasteiger partial charge >= 0.3 is 12.1 Å². The molecule has 1 heterocycles. The van der Waals surface area contributed by atoms with Gasteiger partial charge in [-0.2, -0.15) is 13.2 Å². The van der Waals surface area contributed by atoms with Crippen molar-refractivity contribution >= 4 is 11.9 Å². The van der Waals surface area contributed by atoms with Crippen LogP contribution in [-0.4, -0.2) is 36.0 Å². The number of alkyl halides is 3. The van der Waals surface area contributed by atoms with E-state index in [1.54, 1.807) is 0 Å². The van der Waals surface area contributed by atoms with Crippen LogP contribution in [0.3, 0.4) is 0 Å². The molecule has 0 aliphatic carbocycles. The molecular formula is C18H22F3NO3. The van der Waals surface area contributed by atoms with Crippen LogP contribution in [-0.2, 0) is 15.7 Å². The SMILES string of the molecule is CCCCCOC(=O)C1CCCN1C(=O)c1cccc(C(F)(F)F)c1. The predicted molar refractivity (Wildman–Crippen MR) is 86.0 cm³/mol. The molecule has 0 N–H and O–H groups in total. The number of carbonyl (C=O) groups excluding carboxylic acids is 2. The molecule has 0 radical (unpaired) electrons. The zero-order valence-corrected chi connectivity index (χ0v) is 14.1. The third-order valence-electron chi connectivity index (χ3n) is 4.21. The average Bonchev–Trinajstić information content (AvgIpc) is 3.07. The Bertz CT molecular complexity index is 616. The van der Waals surface area contributed by atoms with Gasteiger partial charge in [-0.1, -0.05) is 25.8 Å². The summed E-state index contributed by atoms with van der Waals surface area (Å²) in [5.74, 6) is -1.05. The normalized spacial score (nSPS) is 17.6. The third-order valence-corrected chi connectivity index (χ3v) is 4.21. The number of hydrogen-bond acceptors (Lipinski definition) is 3. The van der Waals surface area contributed by atoms with Gasteiger partial charge in [-0.15, -0.1) is 0 Å². The van der Waals surface area contributed by atoms with Crippen molar-refractivity contribution in [1.82, 2.24) is 4.90 Å². The largest absolute Gasteiger partial charge is 0.464 e. The topological polar surface area (TPSA) is 46.6 Å². The number of halogens is 3. The van der Waals surface area contributed by atoms with Gasteiger partial charge in [-0.3, -0.25) is 4.79 Å². The monoisotopic (exact) mass is 357 g/mol. The predicted octanol–water partition coefficient (Wildman–Crippen LogP) is 4.04. The Morgan fingerprint density at radius 1 is 1.28 bits per heavy atom. The minimum atomic E-state index is -4.51. The summed E-state index contributed by atoms with van der Waals surface area (Å²) in [4.78, 5) is 26.1. The van der Waals surface area contributed by atoms with E-state index in [1.165, 1.54) is 17.0 Å². The van der Waals surface area contributed by atoms with Gasteiger partial charge in [0.05, 0.1) is 12.2 Å². The molecule has 25 heavy (non-hydrogen) atoms. The highest BCUT2D eigenvalue weighted by Gasteiger charge is 2.37. The molecule has 7 heteroatoms. The maximum atomic E-state index is 12.8. The number of ether oxygens (including phenoxy) is 1. The number of likely N-dealkylation sites (tertiary alicyclic amines) is 1. The lowest BCUT2D eigenvalue weighted by atomic mass is 10.1. The quantitative estimate of drug-likeness (QED) is 0.570. The lowest BCUT2D eigenvalue weighted by Gasteiger charge is -2.23. The third kappa shape index (κ3) is 4.96. The van der Waals surface area contributed by atoms with Crippen molar-refractivity contribution in [2.45, 2.75) is 51.2 Å². The summed E-state index contributed by atoms with van der Waals surface area (Å²) in [5, 5.41) is 0. The minimum Gasteiger partial charge on any atom is -0.464 e. The van der Waals surface area contributed by atoms with E-state index in [-0.39, 0.29) is 5.56 Å². The van der Waals surface area contributed by atoms with Crippen LogP contribution in [0.5, 0.6) is 0 Å². The van der Waals surface area contributed by atoms with Crippen molar-refractivity contribution < 1.29 is 27.5 Å². The number of nitrogens with zero attached hydrogens (tertiary/aromatic N) is 1. The second kappa shape index (κ2) is 8.36. The summed E-state index contributed by atoms with van der Waals surface area (Å²) < 4.78 is 43.7. The molecule has 0 saturated carbocycles. The number of unbranched alkanes of at least 4 members (excludes halogenated alkanes) is 2. The molecule has 138 valence electrons. The van der Waals surface area contributed by atoms with Crippen LogP contribution < -0.4 is 0 Å². The van der Waals surface area contributed by atoms with E-state index in [1.807, 2.05) is 6.92 Å². The van der Waals surface area contributed by atoms with Crippen molar-refractivity contribution in [2.75, 3.05) is 13.2 Å². The van der Waals surface area contributed by atoms with Crippen molar-refractivity contribution in [2.24, 2.45) is 0 Å². The molecule has 1 unspecified atom stereocenters. The van der Waals surface area contributed by atoms with E-state index in [0.29, 0.717) is 26.0 Å². The van der Waals surface area contributed by atoms with Crippen LogP contribution in [0.1, 0.15) is 54.9 Å². The highest BCUT2D eigenvalue weighted by Crippen LogP contribution is 2.30. The average molecular weight is 357 g/mol. The van der Waals surface area contributed by atoms with Crippen molar-refractivity contribution in [3.63, 3.8) is 0 Å². The minimum absolute atomic E-state index is 0.0690. The lowest BCUT2D eigenvalue weighted by Crippen LogP contribution is -2.41. The van der Waals surface area contributed by atoms with Crippen LogP contribution in [0.4, 0.5) is 13.2 Å². The standard InChI is InChI=1S/C18H22F3NO3/c1-2-3-4-11-25-17(24)15-9-6-10-22(15)16(23)13-7-5-8-14(12-13)18(19,20)21/h5,7-8,12,15H,2-4,6,9-11H2,1H3. The maximum Gasteiger partial charge on any atom is 0.416 e. The van der Waals surface area contributed by atoms with E-state index < -0.39 is 29.7 Å². The van der Waals surface area contributed by atoms with Crippen LogP contribution >= 0.6 is 0 Å². The van der Waals surface area contributed by atoms with Crippen LogP contribution in [0.25, 0.3) is 0 Å². The number of hydrogen-bond donors (Lipinski definition) is 0. The molecule has 1 saturated heterocycles. The zero-order chi connectivity index (χ0) is 18.4. The molecule has 0 bridgehead atoms. The van der Waals surface area contributed by atoms with Gasteiger partial charge in [-0.05, 0) is 37.5 Å². The first kappa shape index (κ1) is 19.3. The Morgan fingerprint density at radius 2 is 2.04 bits per heavy atom. The molecule has 1 atom stereocenters. The van der Waals surface area contributed by atoms with Gasteiger partial charge in [0.15, 0.2) is 0 Å². The van der Waals surface area contributed by atoms with Gasteiger partial charge in [0.2, 0.25) is 0 Å². The molecule has 1 aliphatic rings. The molecule has 0 aromatic heterocycles. The van der Waals surface area contributed by atoms with Gasteiger partial charge in [0, 0.05) is 12.1 Å². The van der Waals surface area contributed by atoms with Crippen molar-refractivity contribution in [3.05, 3.63) is 35.4 Å². The molecule has 4 nitrogen and oxygen atoms in total. The summed E-state index contributed by atoms with van der Waals surface area (Å²) in [7, 11) is 0. The number of amides is 1. The van der Waals surface area contributed by atoms with Gasteiger partial charge in [-0.25, -0.2) is 4.79 Å². The first-order valence-electron chi connectivity index (χ1n) is 8.49. The van der Waals surface area contributed by atoms with Crippen molar-refractivity contribution in [1.29, 1.82) is 0 Å². The molecule has 1 aromatic carbocycles. The molecule has 0 spiro atoms. The molecule has 1 fully saturated rings. The smallest absolute Gasteiger partial charge is 0.416 e. The Hall–Kier alpha value is -2.05. The first-order valence-corrected chi connectivity index (χ1v) is 8.49. The molecule has 1 aliphatic heterocycles. The maximum absolute atomic E-state index is 12.8. The second-order valence-electron chi connectivity index (χ2n) is 6.11. The fourth-order valence-electron chi connectivity index (χ4n) is 2.87. The lowest BCUT2D eigenvalue weighted by molar-refractivity contribution is -0.148. The fourth-order valence-corrected chi connectivity index (χ4v) is 2.87. The van der Waals surface area contributed by atoms with Crippen LogP contribution in [0.2, 0.25) is 0 Å². The van der Waals surface area contributed by atoms with E-state index in [4.69, 9.17) is 4.74 Å². The summed E-state index contributed by atoms with van der Waals surface area (Å²) in [6.45, 7) is 2.67. The summed E-state index contributed by atoms with van der Waals surface area (Å²) >= 11 is 0. The molecule has 1 amide bonds. The molecular weight excluding hydrogens is 335 g/mol. The number of rotatable bonds is 6. The Balaban J connectivity index is 2.06. The summed E-state index contributed by atoms with van der Waals surface area (Å²) in [6, 6.07) is 3.55. The highest BCUT2D eigenvalue weighted by molar-refractivity contribution is 5.97. The summed E-state index contributed by atoms with van der Waals surface area (Å²) in [6.07, 6.45) is -0.710. The van der Waals surface area contributed by atoms with Gasteiger partial charge in [0.25, 0.3) is 5.91 Å². The second-order valence-corrected chi connectivity index (χ2v) is 6.11. The summed E-state index contributed by atoms with van der Waals surface area (Å²) in [5.41, 5.74) is -0.947. The van der Waals surface area contributed by atoms with E-state index in [9.17, 15) is 22.8 Å². The Morgan fingerprint density at radius 3 is 2.72 bits per heavy atom. The first-order chi connectivity index (χ1) is 11.8. The molecule has 1 aromatic rings. The number of carbonyl (C=O) groups is 2. The van der Waals surface area contributed by atoms with E-state index in [0.717, 1.165) is 31.4 Å². The Kier molecular flexibility index (Phi) is 6.45. The highest BCUT2D eigenvalue weighted by atomic mass is 19.4. The Labute approximate surface area is 144 Å². The number of benzene rings is 1. The van der Waals surface area contributed by atoms with E-state index >= 15 is 0 Å². The molecule has 2 rings (SSSR count). The van der Waals surface area contributed by atoms with Gasteiger partial charge in [0.1, 0.15) is 6.04 Å². The fraction of sp³-hybridized carbons (Fsp3) is 0.556. The number of esters is 1.